The van der Waals surface area contributed by atoms with Gasteiger partial charge in [0, 0.05) is 23.9 Å². The average molecular weight is 404 g/mol. The van der Waals surface area contributed by atoms with Gasteiger partial charge in [-0.3, -0.25) is 9.59 Å². The van der Waals surface area contributed by atoms with Gasteiger partial charge in [0.25, 0.3) is 5.91 Å². The number of hydrogen-bond acceptors (Lipinski definition) is 4. The molecule has 0 fully saturated rings. The number of carbonyl (C=O) groups excluding carboxylic acids is 1. The first-order valence-corrected chi connectivity index (χ1v) is 9.95. The van der Waals surface area contributed by atoms with Crippen molar-refractivity contribution in [2.45, 2.75) is 32.4 Å². The van der Waals surface area contributed by atoms with E-state index in [4.69, 9.17) is 15.2 Å². The van der Waals surface area contributed by atoms with Gasteiger partial charge in [-0.25, -0.2) is 0 Å². The SMILES string of the molecule is CCC1Cc2cc(OCc3ccccc3)c(OC)cc2-c2cc(=O)c(C(N)=O)cn21. The summed E-state index contributed by atoms with van der Waals surface area (Å²) in [7, 11) is 1.60. The molecule has 6 heteroatoms. The quantitative estimate of drug-likeness (QED) is 0.679. The number of primary amides is 1. The van der Waals surface area contributed by atoms with Crippen molar-refractivity contribution in [1.29, 1.82) is 0 Å². The number of rotatable bonds is 6. The number of carbonyl (C=O) groups is 1. The minimum absolute atomic E-state index is 0.00966. The van der Waals surface area contributed by atoms with Crippen molar-refractivity contribution in [3.8, 4) is 22.8 Å². The molecular formula is C24H24N2O4. The zero-order valence-corrected chi connectivity index (χ0v) is 17.1. The van der Waals surface area contributed by atoms with E-state index >= 15 is 0 Å². The Balaban J connectivity index is 1.78. The molecule has 1 aliphatic heterocycles. The van der Waals surface area contributed by atoms with E-state index in [1.165, 1.54) is 6.07 Å². The van der Waals surface area contributed by atoms with Crippen molar-refractivity contribution < 1.29 is 14.3 Å². The second-order valence-corrected chi connectivity index (χ2v) is 7.41. The van der Waals surface area contributed by atoms with Crippen LogP contribution in [0.1, 0.15) is 40.9 Å². The van der Waals surface area contributed by atoms with Crippen LogP contribution in [0.15, 0.2) is 59.5 Å². The van der Waals surface area contributed by atoms with Gasteiger partial charge in [0.2, 0.25) is 0 Å². The number of hydrogen-bond donors (Lipinski definition) is 1. The van der Waals surface area contributed by atoms with Crippen LogP contribution >= 0.6 is 0 Å². The van der Waals surface area contributed by atoms with Crippen LogP contribution in [-0.4, -0.2) is 17.6 Å². The molecule has 0 aliphatic carbocycles. The zero-order chi connectivity index (χ0) is 21.3. The molecule has 0 saturated carbocycles. The fraction of sp³-hybridized carbons (Fsp3) is 0.250. The number of ether oxygens (including phenoxy) is 2. The highest BCUT2D eigenvalue weighted by molar-refractivity contribution is 5.92. The van der Waals surface area contributed by atoms with E-state index in [-0.39, 0.29) is 17.0 Å². The summed E-state index contributed by atoms with van der Waals surface area (Å²) in [4.78, 5) is 24.1. The summed E-state index contributed by atoms with van der Waals surface area (Å²) in [6.45, 7) is 2.52. The van der Waals surface area contributed by atoms with Crippen molar-refractivity contribution in [2.24, 2.45) is 5.73 Å². The van der Waals surface area contributed by atoms with Gasteiger partial charge in [-0.1, -0.05) is 37.3 Å². The Hall–Kier alpha value is -3.54. The molecule has 1 atom stereocenters. The highest BCUT2D eigenvalue weighted by atomic mass is 16.5. The van der Waals surface area contributed by atoms with Gasteiger partial charge in [0.05, 0.1) is 12.8 Å². The molecular weight excluding hydrogens is 380 g/mol. The van der Waals surface area contributed by atoms with Crippen LogP contribution < -0.4 is 20.6 Å². The third-order valence-corrected chi connectivity index (χ3v) is 5.57. The van der Waals surface area contributed by atoms with Crippen molar-refractivity contribution in [2.75, 3.05) is 7.11 Å². The van der Waals surface area contributed by atoms with E-state index in [0.717, 1.165) is 35.2 Å². The lowest BCUT2D eigenvalue weighted by Gasteiger charge is -2.31. The molecule has 1 aromatic heterocycles. The maximum atomic E-state index is 12.4. The fourth-order valence-corrected chi connectivity index (χ4v) is 3.96. The van der Waals surface area contributed by atoms with Gasteiger partial charge in [-0.2, -0.15) is 0 Å². The molecule has 0 saturated heterocycles. The minimum Gasteiger partial charge on any atom is -0.493 e. The highest BCUT2D eigenvalue weighted by Crippen LogP contribution is 2.41. The standard InChI is InChI=1S/C24H24N2O4/c1-3-17-9-16-10-23(30-14-15-7-5-4-6-8-15)22(29-2)11-18(16)20-12-21(27)19(24(25)28)13-26(17)20/h4-8,10-13,17H,3,9,14H2,1-2H3,(H2,25,28). The van der Waals surface area contributed by atoms with Crippen molar-refractivity contribution >= 4 is 5.91 Å². The van der Waals surface area contributed by atoms with Gasteiger partial charge in [-0.05, 0) is 36.1 Å². The third-order valence-electron chi connectivity index (χ3n) is 5.57. The van der Waals surface area contributed by atoms with Crippen LogP contribution in [0.5, 0.6) is 11.5 Å². The molecule has 30 heavy (non-hydrogen) atoms. The lowest BCUT2D eigenvalue weighted by Crippen LogP contribution is -2.27. The van der Waals surface area contributed by atoms with E-state index in [9.17, 15) is 9.59 Å². The third kappa shape index (κ3) is 3.56. The Morgan fingerprint density at radius 2 is 1.93 bits per heavy atom. The van der Waals surface area contributed by atoms with Gasteiger partial charge in [-0.15, -0.1) is 0 Å². The smallest absolute Gasteiger partial charge is 0.254 e. The normalized spacial score (nSPS) is 14.5. The molecule has 0 radical (unpaired) electrons. The van der Waals surface area contributed by atoms with E-state index < -0.39 is 5.91 Å². The van der Waals surface area contributed by atoms with Crippen molar-refractivity contribution in [3.63, 3.8) is 0 Å². The Morgan fingerprint density at radius 3 is 2.60 bits per heavy atom. The first-order chi connectivity index (χ1) is 14.5. The monoisotopic (exact) mass is 404 g/mol. The molecule has 6 nitrogen and oxygen atoms in total. The Bertz CT molecular complexity index is 1150. The fourth-order valence-electron chi connectivity index (χ4n) is 3.96. The molecule has 3 aromatic rings. The highest BCUT2D eigenvalue weighted by Gasteiger charge is 2.26. The van der Waals surface area contributed by atoms with Gasteiger partial charge in [0.1, 0.15) is 12.2 Å². The lowest BCUT2D eigenvalue weighted by atomic mass is 9.90. The number of pyridine rings is 1. The second-order valence-electron chi connectivity index (χ2n) is 7.41. The maximum absolute atomic E-state index is 12.4. The largest absolute Gasteiger partial charge is 0.493 e. The number of amides is 1. The van der Waals surface area contributed by atoms with Crippen LogP contribution in [0.4, 0.5) is 0 Å². The van der Waals surface area contributed by atoms with Gasteiger partial charge >= 0.3 is 0 Å². The number of nitrogens with zero attached hydrogens (tertiary/aromatic N) is 1. The molecule has 0 bridgehead atoms. The van der Waals surface area contributed by atoms with Gasteiger partial charge in [0.15, 0.2) is 16.9 Å². The Morgan fingerprint density at radius 1 is 1.17 bits per heavy atom. The number of nitrogens with two attached hydrogens (primary N) is 1. The van der Waals surface area contributed by atoms with Crippen molar-refractivity contribution in [3.05, 3.63) is 81.6 Å². The predicted molar refractivity (Wildman–Crippen MR) is 115 cm³/mol. The Kier molecular flexibility index (Phi) is 5.31. The summed E-state index contributed by atoms with van der Waals surface area (Å²) in [6.07, 6.45) is 3.19. The van der Waals surface area contributed by atoms with Crippen LogP contribution in [0.25, 0.3) is 11.3 Å². The number of aromatic nitrogens is 1. The summed E-state index contributed by atoms with van der Waals surface area (Å²) in [5.41, 5.74) is 8.83. The average Bonchev–Trinajstić information content (AvgIpc) is 2.76. The van der Waals surface area contributed by atoms with E-state index in [2.05, 4.69) is 6.92 Å². The number of fused-ring (bicyclic) bond motifs is 3. The molecule has 2 aromatic carbocycles. The van der Waals surface area contributed by atoms with Crippen LogP contribution in [-0.2, 0) is 13.0 Å². The first-order valence-electron chi connectivity index (χ1n) is 9.95. The molecule has 1 unspecified atom stereocenters. The number of benzene rings is 2. The summed E-state index contributed by atoms with van der Waals surface area (Å²) in [5, 5.41) is 0. The molecule has 0 spiro atoms. The molecule has 2 N–H and O–H groups in total. The summed E-state index contributed by atoms with van der Waals surface area (Å²) >= 11 is 0. The molecule has 4 rings (SSSR count). The van der Waals surface area contributed by atoms with Crippen molar-refractivity contribution in [1.82, 2.24) is 4.57 Å². The lowest BCUT2D eigenvalue weighted by molar-refractivity contribution is 0.0998. The number of methoxy groups -OCH3 is 1. The van der Waals surface area contributed by atoms with Crippen LogP contribution in [0.2, 0.25) is 0 Å². The topological polar surface area (TPSA) is 83.6 Å². The molecule has 1 amide bonds. The first kappa shape index (κ1) is 19.8. The van der Waals surface area contributed by atoms with Gasteiger partial charge < -0.3 is 19.8 Å². The van der Waals surface area contributed by atoms with E-state index in [1.807, 2.05) is 47.0 Å². The summed E-state index contributed by atoms with van der Waals surface area (Å²) in [6, 6.07) is 15.4. The van der Waals surface area contributed by atoms with E-state index in [1.54, 1.807) is 13.3 Å². The molecule has 2 heterocycles. The maximum Gasteiger partial charge on any atom is 0.254 e. The second kappa shape index (κ2) is 8.06. The Labute approximate surface area is 174 Å². The summed E-state index contributed by atoms with van der Waals surface area (Å²) < 4.78 is 13.6. The molecule has 1 aliphatic rings. The molecule has 154 valence electrons. The van der Waals surface area contributed by atoms with Crippen LogP contribution in [0.3, 0.4) is 0 Å². The zero-order valence-electron chi connectivity index (χ0n) is 17.1. The van der Waals surface area contributed by atoms with Crippen LogP contribution in [0, 0.1) is 0 Å². The minimum atomic E-state index is -0.710. The van der Waals surface area contributed by atoms with E-state index in [0.29, 0.717) is 18.1 Å². The predicted octanol–water partition coefficient (Wildman–Crippen LogP) is 3.71. The summed E-state index contributed by atoms with van der Waals surface area (Å²) in [5.74, 6) is 0.551.